The van der Waals surface area contributed by atoms with Gasteiger partial charge in [0.1, 0.15) is 5.69 Å². The summed E-state index contributed by atoms with van der Waals surface area (Å²) in [7, 11) is 0. The molecule has 2 fully saturated rings. The van der Waals surface area contributed by atoms with Gasteiger partial charge in [-0.1, -0.05) is 29.9 Å². The van der Waals surface area contributed by atoms with Crippen LogP contribution in [0.1, 0.15) is 55.9 Å². The summed E-state index contributed by atoms with van der Waals surface area (Å²) in [6.07, 6.45) is 11.4. The van der Waals surface area contributed by atoms with E-state index in [1.165, 1.54) is 44.2 Å². The third kappa shape index (κ3) is 4.22. The maximum absolute atomic E-state index is 12.8. The topological polar surface area (TPSA) is 36.4 Å². The van der Waals surface area contributed by atoms with Gasteiger partial charge in [0.2, 0.25) is 0 Å². The number of amides is 1. The van der Waals surface area contributed by atoms with E-state index in [9.17, 15) is 4.79 Å². The van der Waals surface area contributed by atoms with Crippen LogP contribution in [0.2, 0.25) is 0 Å². The fourth-order valence-electron chi connectivity index (χ4n) is 5.28. The molecule has 4 heteroatoms. The summed E-state index contributed by atoms with van der Waals surface area (Å²) >= 11 is 0. The fraction of sp³-hybridized carbons (Fsp3) is 0.583. The maximum Gasteiger partial charge on any atom is 0.272 e. The Labute approximate surface area is 169 Å². The summed E-state index contributed by atoms with van der Waals surface area (Å²) in [5.41, 5.74) is 3.52. The Morgan fingerprint density at radius 2 is 2.14 bits per heavy atom. The zero-order chi connectivity index (χ0) is 19.5. The SMILES string of the molecule is C=C(C)[C@@H]1CC=C(CN2CCC[C@@H]3CN(C(=O)c4ccccn4)CC[C@@H]32)CC1. The normalized spacial score (nSPS) is 28.4. The van der Waals surface area contributed by atoms with Crippen molar-refractivity contribution in [1.29, 1.82) is 0 Å². The third-order valence-electron chi connectivity index (χ3n) is 6.96. The summed E-state index contributed by atoms with van der Waals surface area (Å²) in [5.74, 6) is 1.37. The van der Waals surface area contributed by atoms with E-state index < -0.39 is 0 Å². The number of piperidine rings is 2. The van der Waals surface area contributed by atoms with E-state index in [-0.39, 0.29) is 5.91 Å². The largest absolute Gasteiger partial charge is 0.337 e. The van der Waals surface area contributed by atoms with Crippen LogP contribution in [0.4, 0.5) is 0 Å². The molecule has 0 N–H and O–H groups in total. The van der Waals surface area contributed by atoms with E-state index in [1.54, 1.807) is 11.8 Å². The molecule has 1 aromatic heterocycles. The Morgan fingerprint density at radius 1 is 1.25 bits per heavy atom. The Bertz CT molecular complexity index is 741. The number of fused-ring (bicyclic) bond motifs is 1. The molecule has 1 amide bonds. The highest BCUT2D eigenvalue weighted by molar-refractivity contribution is 5.92. The monoisotopic (exact) mass is 379 g/mol. The molecule has 0 saturated carbocycles. The van der Waals surface area contributed by atoms with Crippen molar-refractivity contribution >= 4 is 5.91 Å². The van der Waals surface area contributed by atoms with Crippen LogP contribution in [-0.2, 0) is 0 Å². The van der Waals surface area contributed by atoms with Crippen LogP contribution in [0.3, 0.4) is 0 Å². The second-order valence-electron chi connectivity index (χ2n) is 8.87. The van der Waals surface area contributed by atoms with Crippen molar-refractivity contribution in [1.82, 2.24) is 14.8 Å². The van der Waals surface area contributed by atoms with Gasteiger partial charge in [-0.2, -0.15) is 0 Å². The van der Waals surface area contributed by atoms with Gasteiger partial charge < -0.3 is 4.90 Å². The molecule has 0 spiro atoms. The molecule has 0 bridgehead atoms. The van der Waals surface area contributed by atoms with Crippen LogP contribution in [0.25, 0.3) is 0 Å². The van der Waals surface area contributed by atoms with Gasteiger partial charge in [-0.25, -0.2) is 0 Å². The van der Waals surface area contributed by atoms with E-state index in [0.29, 0.717) is 23.6 Å². The average molecular weight is 380 g/mol. The zero-order valence-corrected chi connectivity index (χ0v) is 17.1. The molecular weight excluding hydrogens is 346 g/mol. The number of hydrogen-bond acceptors (Lipinski definition) is 3. The number of pyridine rings is 1. The predicted octanol–water partition coefficient (Wildman–Crippen LogP) is 4.31. The molecule has 3 heterocycles. The molecule has 3 aliphatic rings. The Morgan fingerprint density at radius 3 is 2.86 bits per heavy atom. The number of carbonyl (C=O) groups is 1. The molecule has 1 aromatic rings. The molecule has 4 rings (SSSR count). The first kappa shape index (κ1) is 19.4. The first-order chi connectivity index (χ1) is 13.6. The van der Waals surface area contributed by atoms with Gasteiger partial charge in [0, 0.05) is 31.9 Å². The van der Waals surface area contributed by atoms with Crippen LogP contribution < -0.4 is 0 Å². The quantitative estimate of drug-likeness (QED) is 0.732. The minimum Gasteiger partial charge on any atom is -0.337 e. The number of carbonyl (C=O) groups excluding carboxylic acids is 1. The van der Waals surface area contributed by atoms with E-state index in [1.807, 2.05) is 23.1 Å². The zero-order valence-electron chi connectivity index (χ0n) is 17.1. The van der Waals surface area contributed by atoms with E-state index in [0.717, 1.165) is 26.1 Å². The molecule has 3 atom stereocenters. The summed E-state index contributed by atoms with van der Waals surface area (Å²) in [6, 6.07) is 6.21. The molecule has 0 aromatic carbocycles. The van der Waals surface area contributed by atoms with Crippen molar-refractivity contribution < 1.29 is 4.79 Å². The number of rotatable bonds is 4. The number of allylic oxidation sites excluding steroid dienone is 2. The highest BCUT2D eigenvalue weighted by Crippen LogP contribution is 2.34. The van der Waals surface area contributed by atoms with Crippen molar-refractivity contribution in [2.45, 2.75) is 51.5 Å². The predicted molar refractivity (Wildman–Crippen MR) is 113 cm³/mol. The van der Waals surface area contributed by atoms with Gasteiger partial charge in [-0.05, 0) is 76.0 Å². The molecule has 4 nitrogen and oxygen atoms in total. The van der Waals surface area contributed by atoms with Crippen molar-refractivity contribution in [2.24, 2.45) is 11.8 Å². The molecule has 28 heavy (non-hydrogen) atoms. The number of hydrogen-bond donors (Lipinski definition) is 0. The second kappa shape index (κ2) is 8.60. The number of aromatic nitrogens is 1. The fourth-order valence-corrected chi connectivity index (χ4v) is 5.28. The first-order valence-corrected chi connectivity index (χ1v) is 10.9. The molecular formula is C24H33N3O. The minimum atomic E-state index is 0.0944. The summed E-state index contributed by atoms with van der Waals surface area (Å²) in [5, 5.41) is 0. The van der Waals surface area contributed by atoms with E-state index in [2.05, 4.69) is 29.5 Å². The second-order valence-corrected chi connectivity index (χ2v) is 8.87. The molecule has 1 aliphatic carbocycles. The lowest BCUT2D eigenvalue weighted by molar-refractivity contribution is 0.0242. The van der Waals surface area contributed by atoms with Crippen molar-refractivity contribution in [3.05, 3.63) is 53.9 Å². The number of likely N-dealkylation sites (tertiary alicyclic amines) is 2. The molecule has 2 aliphatic heterocycles. The summed E-state index contributed by atoms with van der Waals surface area (Å²) in [4.78, 5) is 21.8. The van der Waals surface area contributed by atoms with Crippen LogP contribution in [0.15, 0.2) is 48.2 Å². The molecule has 2 saturated heterocycles. The van der Waals surface area contributed by atoms with Gasteiger partial charge in [-0.3, -0.25) is 14.7 Å². The highest BCUT2D eigenvalue weighted by Gasteiger charge is 2.37. The third-order valence-corrected chi connectivity index (χ3v) is 6.96. The first-order valence-electron chi connectivity index (χ1n) is 10.9. The number of nitrogens with zero attached hydrogens (tertiary/aromatic N) is 3. The molecule has 150 valence electrons. The lowest BCUT2D eigenvalue weighted by Crippen LogP contribution is -2.55. The minimum absolute atomic E-state index is 0.0944. The van der Waals surface area contributed by atoms with Crippen LogP contribution in [0, 0.1) is 11.8 Å². The van der Waals surface area contributed by atoms with Crippen LogP contribution in [0.5, 0.6) is 0 Å². The Balaban J connectivity index is 1.36. The van der Waals surface area contributed by atoms with Gasteiger partial charge in [0.25, 0.3) is 5.91 Å². The summed E-state index contributed by atoms with van der Waals surface area (Å²) in [6.45, 7) is 10.4. The van der Waals surface area contributed by atoms with Gasteiger partial charge in [-0.15, -0.1) is 0 Å². The summed E-state index contributed by atoms with van der Waals surface area (Å²) < 4.78 is 0. The van der Waals surface area contributed by atoms with Gasteiger partial charge in [0.15, 0.2) is 0 Å². The van der Waals surface area contributed by atoms with Gasteiger partial charge in [0.05, 0.1) is 0 Å². The Hall–Kier alpha value is -1.94. The standard InChI is InChI=1S/C24H33N3O/c1-18(2)20-10-8-19(9-11-20)16-26-14-5-6-21-17-27(15-12-23(21)26)24(28)22-7-3-4-13-25-22/h3-4,7-8,13,20-21,23H,1,5-6,9-12,14-17H2,2H3/t20-,21-,23+/m1/s1. The average Bonchev–Trinajstić information content (AvgIpc) is 2.74. The molecule has 0 unspecified atom stereocenters. The van der Waals surface area contributed by atoms with Crippen LogP contribution >= 0.6 is 0 Å². The van der Waals surface area contributed by atoms with Crippen molar-refractivity contribution in [3.63, 3.8) is 0 Å². The van der Waals surface area contributed by atoms with E-state index in [4.69, 9.17) is 0 Å². The smallest absolute Gasteiger partial charge is 0.272 e. The van der Waals surface area contributed by atoms with Crippen LogP contribution in [-0.4, -0.2) is 52.9 Å². The van der Waals surface area contributed by atoms with E-state index >= 15 is 0 Å². The highest BCUT2D eigenvalue weighted by atomic mass is 16.2. The maximum atomic E-state index is 12.8. The lowest BCUT2D eigenvalue weighted by atomic mass is 9.82. The van der Waals surface area contributed by atoms with Crippen molar-refractivity contribution in [3.8, 4) is 0 Å². The van der Waals surface area contributed by atoms with Crippen molar-refractivity contribution in [2.75, 3.05) is 26.2 Å². The lowest BCUT2D eigenvalue weighted by Gasteiger charge is -2.47. The molecule has 0 radical (unpaired) electrons. The Kier molecular flexibility index (Phi) is 5.96. The van der Waals surface area contributed by atoms with Gasteiger partial charge >= 0.3 is 0 Å².